The molecular formula is C14H17NO2. The lowest BCUT2D eigenvalue weighted by Crippen LogP contribution is -2.15. The minimum atomic E-state index is 0.0937. The Kier molecular flexibility index (Phi) is 3.59. The predicted molar refractivity (Wildman–Crippen MR) is 68.4 cm³/mol. The van der Waals surface area contributed by atoms with Crippen molar-refractivity contribution in [1.29, 1.82) is 0 Å². The van der Waals surface area contributed by atoms with Gasteiger partial charge in [-0.3, -0.25) is 4.98 Å². The van der Waals surface area contributed by atoms with Crippen molar-refractivity contribution in [2.24, 2.45) is 0 Å². The SMILES string of the molecule is CO[C@@H](C)COc1ccc2ccc(C)nc2c1. The van der Waals surface area contributed by atoms with Gasteiger partial charge in [0, 0.05) is 24.3 Å². The molecule has 3 nitrogen and oxygen atoms in total. The summed E-state index contributed by atoms with van der Waals surface area (Å²) in [6.45, 7) is 4.51. The number of pyridine rings is 1. The second-order valence-corrected chi connectivity index (χ2v) is 4.16. The fraction of sp³-hybridized carbons (Fsp3) is 0.357. The largest absolute Gasteiger partial charge is 0.491 e. The fourth-order valence-electron chi connectivity index (χ4n) is 1.57. The van der Waals surface area contributed by atoms with Gasteiger partial charge in [-0.05, 0) is 32.0 Å². The van der Waals surface area contributed by atoms with Crippen LogP contribution in [0.5, 0.6) is 5.75 Å². The molecule has 17 heavy (non-hydrogen) atoms. The van der Waals surface area contributed by atoms with Crippen LogP contribution in [0, 0.1) is 6.92 Å². The van der Waals surface area contributed by atoms with Gasteiger partial charge in [-0.15, -0.1) is 0 Å². The molecule has 0 unspecified atom stereocenters. The zero-order valence-corrected chi connectivity index (χ0v) is 10.4. The third-order valence-electron chi connectivity index (χ3n) is 2.69. The maximum absolute atomic E-state index is 5.64. The van der Waals surface area contributed by atoms with Gasteiger partial charge < -0.3 is 9.47 Å². The first-order valence-corrected chi connectivity index (χ1v) is 5.72. The van der Waals surface area contributed by atoms with E-state index in [9.17, 15) is 0 Å². The van der Waals surface area contributed by atoms with Crippen molar-refractivity contribution >= 4 is 10.9 Å². The van der Waals surface area contributed by atoms with Crippen LogP contribution in [0.4, 0.5) is 0 Å². The van der Waals surface area contributed by atoms with E-state index in [0.29, 0.717) is 6.61 Å². The molecule has 0 saturated heterocycles. The highest BCUT2D eigenvalue weighted by molar-refractivity contribution is 5.80. The van der Waals surface area contributed by atoms with Crippen LogP contribution in [-0.2, 0) is 4.74 Å². The number of methoxy groups -OCH3 is 1. The van der Waals surface area contributed by atoms with E-state index in [-0.39, 0.29) is 6.10 Å². The molecule has 0 aliphatic rings. The number of ether oxygens (including phenoxy) is 2. The minimum Gasteiger partial charge on any atom is -0.491 e. The Balaban J connectivity index is 2.19. The van der Waals surface area contributed by atoms with E-state index >= 15 is 0 Å². The Morgan fingerprint density at radius 3 is 2.76 bits per heavy atom. The molecule has 1 atom stereocenters. The topological polar surface area (TPSA) is 31.4 Å². The monoisotopic (exact) mass is 231 g/mol. The molecule has 1 aromatic carbocycles. The van der Waals surface area contributed by atoms with Crippen LogP contribution in [0.15, 0.2) is 30.3 Å². The number of aromatic nitrogens is 1. The third-order valence-corrected chi connectivity index (χ3v) is 2.69. The van der Waals surface area contributed by atoms with E-state index < -0.39 is 0 Å². The van der Waals surface area contributed by atoms with Gasteiger partial charge >= 0.3 is 0 Å². The zero-order chi connectivity index (χ0) is 12.3. The van der Waals surface area contributed by atoms with Crippen LogP contribution < -0.4 is 4.74 Å². The summed E-state index contributed by atoms with van der Waals surface area (Å²) in [5.41, 5.74) is 1.98. The summed E-state index contributed by atoms with van der Waals surface area (Å²) in [5, 5.41) is 1.13. The molecule has 0 N–H and O–H groups in total. The summed E-state index contributed by atoms with van der Waals surface area (Å²) in [6, 6.07) is 10.0. The van der Waals surface area contributed by atoms with E-state index in [1.807, 2.05) is 38.1 Å². The first kappa shape index (κ1) is 11.9. The second kappa shape index (κ2) is 5.15. The number of benzene rings is 1. The van der Waals surface area contributed by atoms with Crippen molar-refractivity contribution in [2.75, 3.05) is 13.7 Å². The van der Waals surface area contributed by atoms with Crippen LogP contribution in [0.25, 0.3) is 10.9 Å². The van der Waals surface area contributed by atoms with Gasteiger partial charge in [0.05, 0.1) is 11.6 Å². The van der Waals surface area contributed by atoms with Gasteiger partial charge in [0.2, 0.25) is 0 Å². The highest BCUT2D eigenvalue weighted by Crippen LogP contribution is 2.19. The molecule has 0 spiro atoms. The molecule has 2 rings (SSSR count). The minimum absolute atomic E-state index is 0.0937. The number of rotatable bonds is 4. The lowest BCUT2D eigenvalue weighted by Gasteiger charge is -2.11. The van der Waals surface area contributed by atoms with Crippen LogP contribution in [0.2, 0.25) is 0 Å². The molecule has 2 aromatic rings. The number of hydrogen-bond donors (Lipinski definition) is 0. The molecule has 0 bridgehead atoms. The lowest BCUT2D eigenvalue weighted by molar-refractivity contribution is 0.0717. The van der Waals surface area contributed by atoms with Crippen LogP contribution in [0.1, 0.15) is 12.6 Å². The number of hydrogen-bond acceptors (Lipinski definition) is 3. The molecule has 0 fully saturated rings. The molecule has 1 heterocycles. The number of fused-ring (bicyclic) bond motifs is 1. The molecule has 0 saturated carbocycles. The number of nitrogens with zero attached hydrogens (tertiary/aromatic N) is 1. The molecular weight excluding hydrogens is 214 g/mol. The highest BCUT2D eigenvalue weighted by Gasteiger charge is 2.02. The van der Waals surface area contributed by atoms with Gasteiger partial charge in [-0.25, -0.2) is 0 Å². The highest BCUT2D eigenvalue weighted by atomic mass is 16.5. The molecule has 0 aliphatic carbocycles. The normalized spacial score (nSPS) is 12.6. The fourth-order valence-corrected chi connectivity index (χ4v) is 1.57. The first-order chi connectivity index (χ1) is 8.19. The van der Waals surface area contributed by atoms with E-state index in [0.717, 1.165) is 22.3 Å². The molecule has 0 radical (unpaired) electrons. The van der Waals surface area contributed by atoms with Gasteiger partial charge in [-0.2, -0.15) is 0 Å². The summed E-state index contributed by atoms with van der Waals surface area (Å²) in [5.74, 6) is 0.833. The van der Waals surface area contributed by atoms with E-state index in [1.54, 1.807) is 7.11 Å². The maximum Gasteiger partial charge on any atom is 0.121 e. The predicted octanol–water partition coefficient (Wildman–Crippen LogP) is 2.96. The number of aryl methyl sites for hydroxylation is 1. The lowest BCUT2D eigenvalue weighted by atomic mass is 10.2. The Bertz CT molecular complexity index is 511. The Hall–Kier alpha value is -1.61. The Morgan fingerprint density at radius 2 is 2.00 bits per heavy atom. The Morgan fingerprint density at radius 1 is 1.24 bits per heavy atom. The standard InChI is InChI=1S/C14H17NO2/c1-10-4-5-12-6-7-13(8-14(12)15-10)17-9-11(2)16-3/h4-8,11H,9H2,1-3H3/t11-/m0/s1. The van der Waals surface area contributed by atoms with E-state index in [4.69, 9.17) is 9.47 Å². The average molecular weight is 231 g/mol. The average Bonchev–Trinajstić information content (AvgIpc) is 2.35. The summed E-state index contributed by atoms with van der Waals surface area (Å²) < 4.78 is 10.8. The van der Waals surface area contributed by atoms with Gasteiger partial charge in [0.1, 0.15) is 12.4 Å². The van der Waals surface area contributed by atoms with E-state index in [1.165, 1.54) is 0 Å². The summed E-state index contributed by atoms with van der Waals surface area (Å²) in [7, 11) is 1.68. The van der Waals surface area contributed by atoms with Crippen molar-refractivity contribution in [1.82, 2.24) is 4.98 Å². The van der Waals surface area contributed by atoms with Gasteiger partial charge in [-0.1, -0.05) is 6.07 Å². The summed E-state index contributed by atoms with van der Waals surface area (Å²) in [6.07, 6.45) is 0.0937. The first-order valence-electron chi connectivity index (χ1n) is 5.72. The smallest absolute Gasteiger partial charge is 0.121 e. The van der Waals surface area contributed by atoms with Crippen molar-refractivity contribution in [3.8, 4) is 5.75 Å². The van der Waals surface area contributed by atoms with Crippen molar-refractivity contribution in [3.05, 3.63) is 36.0 Å². The molecule has 1 aromatic heterocycles. The zero-order valence-electron chi connectivity index (χ0n) is 10.4. The van der Waals surface area contributed by atoms with Crippen molar-refractivity contribution in [3.63, 3.8) is 0 Å². The third kappa shape index (κ3) is 2.94. The van der Waals surface area contributed by atoms with E-state index in [2.05, 4.69) is 11.1 Å². The quantitative estimate of drug-likeness (QED) is 0.810. The molecule has 90 valence electrons. The maximum atomic E-state index is 5.64. The summed E-state index contributed by atoms with van der Waals surface area (Å²) in [4.78, 5) is 4.47. The Labute approximate surface area is 101 Å². The van der Waals surface area contributed by atoms with Gasteiger partial charge in [0.15, 0.2) is 0 Å². The van der Waals surface area contributed by atoms with Crippen LogP contribution in [0.3, 0.4) is 0 Å². The van der Waals surface area contributed by atoms with Crippen LogP contribution in [-0.4, -0.2) is 24.8 Å². The van der Waals surface area contributed by atoms with Crippen LogP contribution >= 0.6 is 0 Å². The van der Waals surface area contributed by atoms with Crippen molar-refractivity contribution in [2.45, 2.75) is 20.0 Å². The van der Waals surface area contributed by atoms with Gasteiger partial charge in [0.25, 0.3) is 0 Å². The second-order valence-electron chi connectivity index (χ2n) is 4.16. The summed E-state index contributed by atoms with van der Waals surface area (Å²) >= 11 is 0. The molecule has 0 amide bonds. The van der Waals surface area contributed by atoms with Crippen molar-refractivity contribution < 1.29 is 9.47 Å². The molecule has 0 aliphatic heterocycles. The molecule has 3 heteroatoms.